The van der Waals surface area contributed by atoms with Gasteiger partial charge in [-0.05, 0) is 73.6 Å². The highest BCUT2D eigenvalue weighted by molar-refractivity contribution is 6.00. The molecule has 5 aromatic heterocycles. The maximum absolute atomic E-state index is 14.7. The molecule has 0 atom stereocenters. The first-order valence-corrected chi connectivity index (χ1v) is 14.5. The van der Waals surface area contributed by atoms with Crippen molar-refractivity contribution in [3.05, 3.63) is 73.1 Å². The highest BCUT2D eigenvalue weighted by atomic mass is 19.1. The first-order chi connectivity index (χ1) is 21.2. The summed E-state index contributed by atoms with van der Waals surface area (Å²) >= 11 is 0. The van der Waals surface area contributed by atoms with Crippen molar-refractivity contribution >= 4 is 39.2 Å². The van der Waals surface area contributed by atoms with E-state index in [0.29, 0.717) is 35.7 Å². The van der Waals surface area contributed by atoms with E-state index >= 15 is 0 Å². The van der Waals surface area contributed by atoms with Crippen LogP contribution in [0.1, 0.15) is 20.3 Å². The number of H-pyrrole nitrogens is 2. The maximum atomic E-state index is 14.7. The van der Waals surface area contributed by atoms with Crippen molar-refractivity contribution in [1.82, 2.24) is 35.0 Å². The summed E-state index contributed by atoms with van der Waals surface area (Å²) in [6, 6.07) is 12.7. The number of carbonyl (C=O) groups is 1. The van der Waals surface area contributed by atoms with Gasteiger partial charge in [-0.25, -0.2) is 9.37 Å². The molecule has 5 heterocycles. The zero-order valence-electron chi connectivity index (χ0n) is 25.1. The molecule has 0 radical (unpaired) electrons. The summed E-state index contributed by atoms with van der Waals surface area (Å²) in [5.74, 6) is -0.111. The quantitative estimate of drug-likeness (QED) is 0.147. The van der Waals surface area contributed by atoms with E-state index < -0.39 is 0 Å². The number of benzene rings is 1. The van der Waals surface area contributed by atoms with Gasteiger partial charge in [0.2, 0.25) is 5.91 Å². The lowest BCUT2D eigenvalue weighted by molar-refractivity contribution is -0.116. The molecule has 0 bridgehead atoms. The Morgan fingerprint density at radius 2 is 1.82 bits per heavy atom. The molecule has 6 rings (SSSR count). The summed E-state index contributed by atoms with van der Waals surface area (Å²) in [6.45, 7) is 5.54. The highest BCUT2D eigenvalue weighted by Gasteiger charge is 2.17. The summed E-state index contributed by atoms with van der Waals surface area (Å²) < 4.78 is 14.7. The second-order valence-electron chi connectivity index (χ2n) is 11.6. The van der Waals surface area contributed by atoms with E-state index in [1.807, 2.05) is 58.3 Å². The zero-order chi connectivity index (χ0) is 30.8. The molecule has 44 heavy (non-hydrogen) atoms. The molecular weight excluding hydrogens is 557 g/mol. The van der Waals surface area contributed by atoms with E-state index in [0.717, 1.165) is 50.9 Å². The second kappa shape index (κ2) is 12.2. The number of nitrogens with one attached hydrogen (secondary N) is 4. The Bertz CT molecular complexity index is 1960. The number of nitrogens with zero attached hydrogens (tertiary/aromatic N) is 5. The van der Waals surface area contributed by atoms with Crippen molar-refractivity contribution in [3.8, 4) is 33.8 Å². The summed E-state index contributed by atoms with van der Waals surface area (Å²) in [5.41, 5.74) is 7.30. The lowest BCUT2D eigenvalue weighted by atomic mass is 10.0. The van der Waals surface area contributed by atoms with Crippen molar-refractivity contribution in [1.29, 1.82) is 0 Å². The summed E-state index contributed by atoms with van der Waals surface area (Å²) in [5, 5.41) is 15.6. The van der Waals surface area contributed by atoms with Gasteiger partial charge >= 0.3 is 0 Å². The Hall–Kier alpha value is -5.16. The number of hydrogen-bond acceptors (Lipinski definition) is 7. The van der Waals surface area contributed by atoms with Gasteiger partial charge in [-0.15, -0.1) is 0 Å². The van der Waals surface area contributed by atoms with Crippen LogP contribution >= 0.6 is 0 Å². The van der Waals surface area contributed by atoms with Crippen LogP contribution in [0.5, 0.6) is 0 Å². The van der Waals surface area contributed by atoms with Crippen molar-refractivity contribution in [2.45, 2.75) is 20.3 Å². The molecule has 10 nitrogen and oxygen atoms in total. The van der Waals surface area contributed by atoms with Gasteiger partial charge in [0, 0.05) is 53.9 Å². The van der Waals surface area contributed by atoms with Gasteiger partial charge in [-0.1, -0.05) is 13.8 Å². The Kier molecular flexibility index (Phi) is 8.03. The number of carbonyl (C=O) groups excluding carboxylic acids is 1. The SMILES string of the molecule is CC(C)CC(=O)Nc1cncc(-c2cc3c(-c4cc5c(-c6cc(F)cc(NCCN(C)C)c6)ccnc5[nH]4)n[nH]c3cn2)c1. The van der Waals surface area contributed by atoms with Crippen LogP contribution < -0.4 is 10.6 Å². The fraction of sp³-hybridized carbons (Fsp3) is 0.242. The molecule has 1 aromatic carbocycles. The highest BCUT2D eigenvalue weighted by Crippen LogP contribution is 2.35. The minimum absolute atomic E-state index is 0.0543. The Morgan fingerprint density at radius 3 is 2.64 bits per heavy atom. The van der Waals surface area contributed by atoms with Crippen LogP contribution in [-0.4, -0.2) is 68.1 Å². The third-order valence-corrected chi connectivity index (χ3v) is 7.24. The minimum atomic E-state index is -0.313. The number of aromatic amines is 2. The average molecular weight is 592 g/mol. The van der Waals surface area contributed by atoms with Crippen LogP contribution in [0, 0.1) is 11.7 Å². The maximum Gasteiger partial charge on any atom is 0.224 e. The monoisotopic (exact) mass is 591 g/mol. The van der Waals surface area contributed by atoms with Gasteiger partial charge in [-0.3, -0.25) is 19.9 Å². The molecule has 6 aromatic rings. The fourth-order valence-corrected chi connectivity index (χ4v) is 5.19. The first-order valence-electron chi connectivity index (χ1n) is 14.5. The normalized spacial score (nSPS) is 11.6. The zero-order valence-corrected chi connectivity index (χ0v) is 25.1. The van der Waals surface area contributed by atoms with Gasteiger partial charge in [-0.2, -0.15) is 5.10 Å². The third kappa shape index (κ3) is 6.28. The number of rotatable bonds is 10. The molecule has 4 N–H and O–H groups in total. The lowest BCUT2D eigenvalue weighted by Gasteiger charge is -2.13. The number of fused-ring (bicyclic) bond motifs is 2. The molecular formula is C33H34FN9O. The van der Waals surface area contributed by atoms with E-state index in [2.05, 4.69) is 45.7 Å². The van der Waals surface area contributed by atoms with E-state index in [4.69, 9.17) is 0 Å². The predicted octanol–water partition coefficient (Wildman–Crippen LogP) is 6.33. The number of aromatic nitrogens is 6. The van der Waals surface area contributed by atoms with E-state index in [1.54, 1.807) is 24.8 Å². The standard InChI is InChI=1S/C33H34FN9O/c1-19(2)9-31(44)39-24-12-21(16-35-17-24)28-15-27-30(18-38-28)41-42-32(27)29-14-26-25(5-6-37-33(26)40-29)20-10-22(34)13-23(11-20)36-7-8-43(3)4/h5-6,10-19,36H,7-9H2,1-4H3,(H,37,40)(H,39,44)(H,41,42). The topological polar surface area (TPSA) is 128 Å². The molecule has 0 unspecified atom stereocenters. The van der Waals surface area contributed by atoms with E-state index in [1.165, 1.54) is 12.1 Å². The van der Waals surface area contributed by atoms with Crippen LogP contribution in [0.15, 0.2) is 67.3 Å². The molecule has 0 saturated carbocycles. The van der Waals surface area contributed by atoms with E-state index in [9.17, 15) is 9.18 Å². The van der Waals surface area contributed by atoms with Gasteiger partial charge < -0.3 is 20.5 Å². The van der Waals surface area contributed by atoms with Crippen LogP contribution in [0.25, 0.3) is 55.7 Å². The second-order valence-corrected chi connectivity index (χ2v) is 11.6. The Balaban J connectivity index is 1.33. The molecule has 0 spiro atoms. The molecule has 0 aliphatic rings. The van der Waals surface area contributed by atoms with Crippen LogP contribution in [0.2, 0.25) is 0 Å². The smallest absolute Gasteiger partial charge is 0.224 e. The van der Waals surface area contributed by atoms with Gasteiger partial charge in [0.05, 0.1) is 35.0 Å². The molecule has 0 aliphatic heterocycles. The Morgan fingerprint density at radius 1 is 0.977 bits per heavy atom. The summed E-state index contributed by atoms with van der Waals surface area (Å²) in [7, 11) is 4.00. The summed E-state index contributed by atoms with van der Waals surface area (Å²) in [6.07, 6.45) is 7.22. The van der Waals surface area contributed by atoms with E-state index in [-0.39, 0.29) is 17.6 Å². The number of halogens is 1. The fourth-order valence-electron chi connectivity index (χ4n) is 5.19. The number of anilines is 2. The van der Waals surface area contributed by atoms with Crippen LogP contribution in [-0.2, 0) is 4.79 Å². The van der Waals surface area contributed by atoms with Crippen LogP contribution in [0.3, 0.4) is 0 Å². The molecule has 1 amide bonds. The van der Waals surface area contributed by atoms with Crippen molar-refractivity contribution < 1.29 is 9.18 Å². The number of pyridine rings is 3. The number of hydrogen-bond donors (Lipinski definition) is 4. The molecule has 224 valence electrons. The van der Waals surface area contributed by atoms with Gasteiger partial charge in [0.15, 0.2) is 0 Å². The largest absolute Gasteiger partial charge is 0.384 e. The van der Waals surface area contributed by atoms with Crippen LogP contribution in [0.4, 0.5) is 15.8 Å². The van der Waals surface area contributed by atoms with Crippen molar-refractivity contribution in [2.75, 3.05) is 37.8 Å². The average Bonchev–Trinajstić information content (AvgIpc) is 3.60. The molecule has 0 aliphatic carbocycles. The lowest BCUT2D eigenvalue weighted by Crippen LogP contribution is -2.20. The predicted molar refractivity (Wildman–Crippen MR) is 173 cm³/mol. The molecule has 11 heteroatoms. The molecule has 0 fully saturated rings. The minimum Gasteiger partial charge on any atom is -0.384 e. The summed E-state index contributed by atoms with van der Waals surface area (Å²) in [4.78, 5) is 31.2. The number of likely N-dealkylation sites (N-methyl/N-ethyl adjacent to an activating group) is 1. The first kappa shape index (κ1) is 28.9. The Labute approximate surface area is 254 Å². The van der Waals surface area contributed by atoms with Crippen molar-refractivity contribution in [2.24, 2.45) is 5.92 Å². The number of amides is 1. The molecule has 0 saturated heterocycles. The van der Waals surface area contributed by atoms with Crippen molar-refractivity contribution in [3.63, 3.8) is 0 Å². The van der Waals surface area contributed by atoms with Gasteiger partial charge in [0.1, 0.15) is 17.2 Å². The van der Waals surface area contributed by atoms with Gasteiger partial charge in [0.25, 0.3) is 0 Å². The third-order valence-electron chi connectivity index (χ3n) is 7.24.